The van der Waals surface area contributed by atoms with Crippen molar-refractivity contribution in [1.82, 2.24) is 10.2 Å². The second-order valence-electron chi connectivity index (χ2n) is 6.49. The number of hydrogen-bond donors (Lipinski definition) is 1. The molecule has 1 saturated heterocycles. The van der Waals surface area contributed by atoms with Gasteiger partial charge in [-0.1, -0.05) is 30.3 Å². The summed E-state index contributed by atoms with van der Waals surface area (Å²) in [6, 6.07) is 8.26. The second kappa shape index (κ2) is 6.51. The van der Waals surface area contributed by atoms with Crippen molar-refractivity contribution in [2.24, 2.45) is 0 Å². The summed E-state index contributed by atoms with van der Waals surface area (Å²) in [4.78, 5) is 14.4. The number of benzene rings is 1. The van der Waals surface area contributed by atoms with Crippen molar-refractivity contribution in [2.45, 2.75) is 49.9 Å². The normalized spacial score (nSPS) is 23.7. The molecule has 3 rings (SSSR count). The van der Waals surface area contributed by atoms with Crippen molar-refractivity contribution < 1.29 is 18.0 Å². The molecule has 1 aromatic rings. The maximum absolute atomic E-state index is 13.3. The van der Waals surface area contributed by atoms with Crippen LogP contribution in [-0.4, -0.2) is 42.2 Å². The molecular weight excluding hydrogens is 305 g/mol. The molecule has 2 fully saturated rings. The summed E-state index contributed by atoms with van der Waals surface area (Å²) < 4.78 is 39.8. The molecule has 0 radical (unpaired) electrons. The quantitative estimate of drug-likeness (QED) is 0.902. The van der Waals surface area contributed by atoms with E-state index < -0.39 is 24.4 Å². The fraction of sp³-hybridized carbons (Fsp3) is 0.588. The monoisotopic (exact) mass is 326 g/mol. The van der Waals surface area contributed by atoms with Gasteiger partial charge < -0.3 is 5.32 Å². The second-order valence-corrected chi connectivity index (χ2v) is 6.49. The van der Waals surface area contributed by atoms with Crippen molar-refractivity contribution in [1.29, 1.82) is 0 Å². The standard InChI is InChI=1S/C17H21F3N2O/c18-17(19,20)15(12-4-2-1-3-5-12)10-16(23)21-13-8-9-22(11-13)14-6-7-14/h1-5,13-15H,6-11H2,(H,21,23)/t13-,15-/m1/s1. The van der Waals surface area contributed by atoms with Gasteiger partial charge in [-0.15, -0.1) is 0 Å². The van der Waals surface area contributed by atoms with Crippen LogP contribution in [0, 0.1) is 0 Å². The zero-order valence-electron chi connectivity index (χ0n) is 12.9. The van der Waals surface area contributed by atoms with Crippen molar-refractivity contribution in [3.8, 4) is 0 Å². The minimum Gasteiger partial charge on any atom is -0.352 e. The number of likely N-dealkylation sites (tertiary alicyclic amines) is 1. The average molecular weight is 326 g/mol. The molecule has 1 saturated carbocycles. The highest BCUT2D eigenvalue weighted by Gasteiger charge is 2.42. The lowest BCUT2D eigenvalue weighted by molar-refractivity contribution is -0.157. The van der Waals surface area contributed by atoms with Crippen molar-refractivity contribution in [3.63, 3.8) is 0 Å². The molecule has 6 heteroatoms. The van der Waals surface area contributed by atoms with Crippen molar-refractivity contribution >= 4 is 5.91 Å². The molecule has 1 aliphatic carbocycles. The molecule has 2 aliphatic rings. The lowest BCUT2D eigenvalue weighted by atomic mass is 9.94. The molecule has 0 spiro atoms. The molecule has 0 unspecified atom stereocenters. The van der Waals surface area contributed by atoms with Crippen LogP contribution in [0.15, 0.2) is 30.3 Å². The molecule has 3 nitrogen and oxygen atoms in total. The highest BCUT2D eigenvalue weighted by Crippen LogP contribution is 2.37. The molecule has 1 N–H and O–H groups in total. The van der Waals surface area contributed by atoms with Gasteiger partial charge in [-0.05, 0) is 24.8 Å². The molecule has 126 valence electrons. The van der Waals surface area contributed by atoms with Crippen LogP contribution in [0.1, 0.15) is 37.2 Å². The van der Waals surface area contributed by atoms with E-state index in [1.54, 1.807) is 18.2 Å². The van der Waals surface area contributed by atoms with Crippen LogP contribution in [0.25, 0.3) is 0 Å². The summed E-state index contributed by atoms with van der Waals surface area (Å²) in [5, 5.41) is 2.78. The number of hydrogen-bond acceptors (Lipinski definition) is 2. The molecule has 1 aliphatic heterocycles. The fourth-order valence-electron chi connectivity index (χ4n) is 3.26. The molecule has 1 aromatic carbocycles. The third-order valence-electron chi connectivity index (χ3n) is 4.63. The molecule has 0 aromatic heterocycles. The first-order chi connectivity index (χ1) is 10.9. The SMILES string of the molecule is O=C(C[C@H](c1ccccc1)C(F)(F)F)N[C@@H]1CCN(C2CC2)C1. The number of alkyl halides is 3. The Morgan fingerprint density at radius 2 is 1.91 bits per heavy atom. The predicted molar refractivity (Wildman–Crippen MR) is 81.0 cm³/mol. The third-order valence-corrected chi connectivity index (χ3v) is 4.63. The summed E-state index contributed by atoms with van der Waals surface area (Å²) in [7, 11) is 0. The van der Waals surface area contributed by atoms with E-state index in [1.165, 1.54) is 25.0 Å². The third kappa shape index (κ3) is 4.25. The van der Waals surface area contributed by atoms with E-state index >= 15 is 0 Å². The summed E-state index contributed by atoms with van der Waals surface area (Å²) in [6.07, 6.45) is -1.75. The van der Waals surface area contributed by atoms with Crippen LogP contribution < -0.4 is 5.32 Å². The predicted octanol–water partition coefficient (Wildman–Crippen LogP) is 3.08. The van der Waals surface area contributed by atoms with E-state index in [1.807, 2.05) is 0 Å². The number of carbonyl (C=O) groups excluding carboxylic acids is 1. The lowest BCUT2D eigenvalue weighted by Crippen LogP contribution is -2.39. The minimum atomic E-state index is -4.42. The van der Waals surface area contributed by atoms with E-state index in [0.29, 0.717) is 6.04 Å². The van der Waals surface area contributed by atoms with Gasteiger partial charge in [0.05, 0.1) is 5.92 Å². The Balaban J connectivity index is 1.58. The highest BCUT2D eigenvalue weighted by molar-refractivity contribution is 5.77. The maximum Gasteiger partial charge on any atom is 0.396 e. The number of nitrogens with one attached hydrogen (secondary N) is 1. The van der Waals surface area contributed by atoms with Gasteiger partial charge >= 0.3 is 6.18 Å². The van der Waals surface area contributed by atoms with E-state index in [0.717, 1.165) is 19.5 Å². The van der Waals surface area contributed by atoms with Gasteiger partial charge in [0.2, 0.25) is 5.91 Å². The first-order valence-corrected chi connectivity index (χ1v) is 8.08. The first kappa shape index (κ1) is 16.3. The average Bonchev–Trinajstić information content (AvgIpc) is 3.25. The number of nitrogens with zero attached hydrogens (tertiary/aromatic N) is 1. The van der Waals surface area contributed by atoms with E-state index in [-0.39, 0.29) is 11.6 Å². The Morgan fingerprint density at radius 1 is 1.22 bits per heavy atom. The van der Waals surface area contributed by atoms with Gasteiger partial charge in [-0.2, -0.15) is 13.2 Å². The highest BCUT2D eigenvalue weighted by atomic mass is 19.4. The fourth-order valence-corrected chi connectivity index (χ4v) is 3.26. The van der Waals surface area contributed by atoms with Crippen molar-refractivity contribution in [3.05, 3.63) is 35.9 Å². The van der Waals surface area contributed by atoms with Gasteiger partial charge in [0.25, 0.3) is 0 Å². The molecule has 1 amide bonds. The van der Waals surface area contributed by atoms with Gasteiger partial charge in [0.1, 0.15) is 0 Å². The minimum absolute atomic E-state index is 0.0206. The Labute approximate surface area is 133 Å². The van der Waals surface area contributed by atoms with E-state index in [2.05, 4.69) is 10.2 Å². The zero-order valence-corrected chi connectivity index (χ0v) is 12.9. The van der Waals surface area contributed by atoms with Gasteiger partial charge in [0, 0.05) is 31.6 Å². The Hall–Kier alpha value is -1.56. The van der Waals surface area contributed by atoms with Crippen LogP contribution in [0.4, 0.5) is 13.2 Å². The van der Waals surface area contributed by atoms with Gasteiger partial charge in [0.15, 0.2) is 0 Å². The molecule has 1 heterocycles. The Kier molecular flexibility index (Phi) is 4.62. The zero-order chi connectivity index (χ0) is 16.4. The molecular formula is C17H21F3N2O. The number of rotatable bonds is 5. The number of carbonyl (C=O) groups is 1. The van der Waals surface area contributed by atoms with Crippen LogP contribution >= 0.6 is 0 Å². The van der Waals surface area contributed by atoms with E-state index in [9.17, 15) is 18.0 Å². The number of amides is 1. The smallest absolute Gasteiger partial charge is 0.352 e. The van der Waals surface area contributed by atoms with Crippen LogP contribution in [0.2, 0.25) is 0 Å². The van der Waals surface area contributed by atoms with Crippen LogP contribution in [0.5, 0.6) is 0 Å². The van der Waals surface area contributed by atoms with Crippen LogP contribution in [-0.2, 0) is 4.79 Å². The summed E-state index contributed by atoms with van der Waals surface area (Å²) in [5.74, 6) is -2.26. The summed E-state index contributed by atoms with van der Waals surface area (Å²) >= 11 is 0. The topological polar surface area (TPSA) is 32.3 Å². The van der Waals surface area contributed by atoms with Gasteiger partial charge in [-0.25, -0.2) is 0 Å². The number of halogens is 3. The maximum atomic E-state index is 13.3. The first-order valence-electron chi connectivity index (χ1n) is 8.08. The molecule has 23 heavy (non-hydrogen) atoms. The molecule has 0 bridgehead atoms. The van der Waals surface area contributed by atoms with Crippen LogP contribution in [0.3, 0.4) is 0 Å². The summed E-state index contributed by atoms with van der Waals surface area (Å²) in [5.41, 5.74) is 0.140. The molecule has 2 atom stereocenters. The van der Waals surface area contributed by atoms with Crippen molar-refractivity contribution in [2.75, 3.05) is 13.1 Å². The van der Waals surface area contributed by atoms with E-state index in [4.69, 9.17) is 0 Å². The lowest BCUT2D eigenvalue weighted by Gasteiger charge is -2.22. The largest absolute Gasteiger partial charge is 0.396 e. The Bertz CT molecular complexity index is 543. The summed E-state index contributed by atoms with van der Waals surface area (Å²) in [6.45, 7) is 1.69. The van der Waals surface area contributed by atoms with Gasteiger partial charge in [-0.3, -0.25) is 9.69 Å². The Morgan fingerprint density at radius 3 is 2.52 bits per heavy atom.